The van der Waals surface area contributed by atoms with Crippen molar-refractivity contribution < 1.29 is 0 Å². The maximum atomic E-state index is 4.72. The highest BCUT2D eigenvalue weighted by Crippen LogP contribution is 2.27. The molecule has 0 aliphatic heterocycles. The third kappa shape index (κ3) is 1.97. The lowest BCUT2D eigenvalue weighted by molar-refractivity contribution is 1.03. The minimum absolute atomic E-state index is 0.840. The number of para-hydroxylation sites is 1. The van der Waals surface area contributed by atoms with Crippen molar-refractivity contribution in [2.75, 3.05) is 0 Å². The first-order valence-corrected chi connectivity index (χ1v) is 6.73. The molecule has 4 nitrogen and oxygen atoms in total. The van der Waals surface area contributed by atoms with E-state index >= 15 is 0 Å². The average molecular weight is 272 g/mol. The minimum atomic E-state index is 0.840. The Morgan fingerprint density at radius 2 is 1.38 bits per heavy atom. The second kappa shape index (κ2) is 4.83. The third-order valence-corrected chi connectivity index (χ3v) is 3.41. The summed E-state index contributed by atoms with van der Waals surface area (Å²) in [6, 6.07) is 20.3. The molecule has 21 heavy (non-hydrogen) atoms. The van der Waals surface area contributed by atoms with E-state index in [2.05, 4.69) is 39.0 Å². The van der Waals surface area contributed by atoms with Crippen LogP contribution in [0.4, 0.5) is 0 Å². The van der Waals surface area contributed by atoms with Gasteiger partial charge in [0.1, 0.15) is 11.3 Å². The predicted molar refractivity (Wildman–Crippen MR) is 82.1 cm³/mol. The number of imidazole rings is 1. The van der Waals surface area contributed by atoms with Gasteiger partial charge < -0.3 is 0 Å². The van der Waals surface area contributed by atoms with Crippen LogP contribution in [0.5, 0.6) is 0 Å². The Morgan fingerprint density at radius 1 is 0.714 bits per heavy atom. The molecule has 4 rings (SSSR count). The molecule has 2 heterocycles. The highest BCUT2D eigenvalue weighted by Gasteiger charge is 2.14. The van der Waals surface area contributed by atoms with Crippen molar-refractivity contribution in [1.82, 2.24) is 19.7 Å². The zero-order valence-corrected chi connectivity index (χ0v) is 11.2. The quantitative estimate of drug-likeness (QED) is 0.561. The van der Waals surface area contributed by atoms with Gasteiger partial charge in [0, 0.05) is 11.3 Å². The van der Waals surface area contributed by atoms with Crippen molar-refractivity contribution in [2.24, 2.45) is 0 Å². The van der Waals surface area contributed by atoms with Gasteiger partial charge in [-0.2, -0.15) is 10.2 Å². The predicted octanol–water partition coefficient (Wildman–Crippen LogP) is 3.48. The van der Waals surface area contributed by atoms with Gasteiger partial charge >= 0.3 is 0 Å². The molecule has 0 saturated heterocycles. The number of aromatic nitrogens is 4. The molecule has 4 heteroatoms. The van der Waals surface area contributed by atoms with Crippen molar-refractivity contribution in [3.05, 3.63) is 73.1 Å². The monoisotopic (exact) mass is 272 g/mol. The van der Waals surface area contributed by atoms with Crippen molar-refractivity contribution in [1.29, 1.82) is 0 Å². The summed E-state index contributed by atoms with van der Waals surface area (Å²) in [6.45, 7) is 0. The van der Waals surface area contributed by atoms with E-state index < -0.39 is 0 Å². The number of hydrogen-bond donors (Lipinski definition) is 0. The van der Waals surface area contributed by atoms with E-state index in [1.165, 1.54) is 0 Å². The van der Waals surface area contributed by atoms with Crippen LogP contribution in [0, 0.1) is 0 Å². The van der Waals surface area contributed by atoms with Crippen LogP contribution in [0.15, 0.2) is 73.1 Å². The zero-order chi connectivity index (χ0) is 14.1. The van der Waals surface area contributed by atoms with Gasteiger partial charge in [0.15, 0.2) is 0 Å². The molecule has 0 fully saturated rings. The Kier molecular flexibility index (Phi) is 2.71. The summed E-state index contributed by atoms with van der Waals surface area (Å²) in [5, 5.41) is 7.92. The van der Waals surface area contributed by atoms with E-state index in [0.717, 1.165) is 28.1 Å². The standard InChI is InChI=1S/C17H12N4/c1-3-7-13(8-4-1)17-20-15-11-18-19-12-16(15)21(17)14-9-5-2-6-10-14/h1-12H. The number of nitrogens with zero attached hydrogens (tertiary/aromatic N) is 4. The number of hydrogen-bond acceptors (Lipinski definition) is 3. The van der Waals surface area contributed by atoms with E-state index in [1.54, 1.807) is 12.4 Å². The van der Waals surface area contributed by atoms with Crippen LogP contribution in [0.25, 0.3) is 28.1 Å². The lowest BCUT2D eigenvalue weighted by atomic mass is 10.2. The smallest absolute Gasteiger partial charge is 0.145 e. The van der Waals surface area contributed by atoms with Gasteiger partial charge in [-0.25, -0.2) is 4.98 Å². The minimum Gasteiger partial charge on any atom is -0.291 e. The zero-order valence-electron chi connectivity index (χ0n) is 11.2. The number of benzene rings is 2. The molecular formula is C17H12N4. The second-order valence-corrected chi connectivity index (χ2v) is 4.73. The molecule has 0 bridgehead atoms. The molecule has 2 aromatic carbocycles. The molecular weight excluding hydrogens is 260 g/mol. The summed E-state index contributed by atoms with van der Waals surface area (Å²) >= 11 is 0. The first-order chi connectivity index (χ1) is 10.4. The number of fused-ring (bicyclic) bond motifs is 1. The van der Waals surface area contributed by atoms with Crippen LogP contribution in [-0.4, -0.2) is 19.7 Å². The first kappa shape index (κ1) is 11.8. The third-order valence-electron chi connectivity index (χ3n) is 3.41. The van der Waals surface area contributed by atoms with Gasteiger partial charge in [0.2, 0.25) is 0 Å². The summed E-state index contributed by atoms with van der Waals surface area (Å²) < 4.78 is 2.11. The molecule has 0 saturated carbocycles. The topological polar surface area (TPSA) is 43.6 Å². The van der Waals surface area contributed by atoms with Gasteiger partial charge in [-0.1, -0.05) is 48.5 Å². The van der Waals surface area contributed by atoms with Gasteiger partial charge in [0.05, 0.1) is 17.9 Å². The van der Waals surface area contributed by atoms with Gasteiger partial charge in [-0.3, -0.25) is 4.57 Å². The maximum Gasteiger partial charge on any atom is 0.145 e. The summed E-state index contributed by atoms with van der Waals surface area (Å²) in [7, 11) is 0. The van der Waals surface area contributed by atoms with E-state index in [0.29, 0.717) is 0 Å². The normalized spacial score (nSPS) is 10.9. The highest BCUT2D eigenvalue weighted by molar-refractivity contribution is 5.81. The molecule has 0 aliphatic rings. The largest absolute Gasteiger partial charge is 0.291 e. The average Bonchev–Trinajstić information content (AvgIpc) is 2.96. The molecule has 0 aliphatic carbocycles. The summed E-state index contributed by atoms with van der Waals surface area (Å²) in [5.41, 5.74) is 3.92. The molecule has 2 aromatic heterocycles. The fourth-order valence-corrected chi connectivity index (χ4v) is 2.46. The highest BCUT2D eigenvalue weighted by atomic mass is 15.1. The Bertz CT molecular complexity index is 882. The number of rotatable bonds is 2. The van der Waals surface area contributed by atoms with Crippen LogP contribution in [0.3, 0.4) is 0 Å². The van der Waals surface area contributed by atoms with Gasteiger partial charge in [0.25, 0.3) is 0 Å². The van der Waals surface area contributed by atoms with Crippen LogP contribution < -0.4 is 0 Å². The molecule has 0 N–H and O–H groups in total. The maximum absolute atomic E-state index is 4.72. The van der Waals surface area contributed by atoms with Crippen LogP contribution in [0.2, 0.25) is 0 Å². The van der Waals surface area contributed by atoms with Crippen molar-refractivity contribution in [3.8, 4) is 17.1 Å². The lowest BCUT2D eigenvalue weighted by Crippen LogP contribution is -1.97. The Labute approximate surface area is 121 Å². The summed E-state index contributed by atoms with van der Waals surface area (Å²) in [4.78, 5) is 4.72. The van der Waals surface area contributed by atoms with Gasteiger partial charge in [-0.05, 0) is 12.1 Å². The van der Waals surface area contributed by atoms with Crippen LogP contribution >= 0.6 is 0 Å². The molecule has 0 amide bonds. The van der Waals surface area contributed by atoms with Crippen molar-refractivity contribution >= 4 is 11.0 Å². The van der Waals surface area contributed by atoms with Gasteiger partial charge in [-0.15, -0.1) is 0 Å². The first-order valence-electron chi connectivity index (χ1n) is 6.73. The Morgan fingerprint density at radius 3 is 2.14 bits per heavy atom. The Balaban J connectivity index is 2.07. The fraction of sp³-hybridized carbons (Fsp3) is 0. The van der Waals surface area contributed by atoms with E-state index in [4.69, 9.17) is 4.98 Å². The molecule has 0 spiro atoms. The van der Waals surface area contributed by atoms with E-state index in [9.17, 15) is 0 Å². The molecule has 0 radical (unpaired) electrons. The van der Waals surface area contributed by atoms with Crippen LogP contribution in [-0.2, 0) is 0 Å². The summed E-state index contributed by atoms with van der Waals surface area (Å²) in [6.07, 6.45) is 3.45. The van der Waals surface area contributed by atoms with E-state index in [1.807, 2.05) is 36.4 Å². The van der Waals surface area contributed by atoms with Crippen molar-refractivity contribution in [2.45, 2.75) is 0 Å². The van der Waals surface area contributed by atoms with E-state index in [-0.39, 0.29) is 0 Å². The SMILES string of the molecule is c1ccc(-c2nc3cnncc3n2-c2ccccc2)cc1. The summed E-state index contributed by atoms with van der Waals surface area (Å²) in [5.74, 6) is 0.895. The molecule has 100 valence electrons. The second-order valence-electron chi connectivity index (χ2n) is 4.73. The van der Waals surface area contributed by atoms with Crippen molar-refractivity contribution in [3.63, 3.8) is 0 Å². The lowest BCUT2D eigenvalue weighted by Gasteiger charge is -2.08. The Hall–Kier alpha value is -3.01. The van der Waals surface area contributed by atoms with Crippen LogP contribution in [0.1, 0.15) is 0 Å². The molecule has 0 atom stereocenters. The molecule has 4 aromatic rings. The molecule has 0 unspecified atom stereocenters. The fourth-order valence-electron chi connectivity index (χ4n) is 2.46.